The number of rotatable bonds is 12. The van der Waals surface area contributed by atoms with Gasteiger partial charge < -0.3 is 28.7 Å². The maximum Gasteiger partial charge on any atom is 0.254 e. The Balaban J connectivity index is 1.20. The fourth-order valence-electron chi connectivity index (χ4n) is 6.91. The molecule has 3 aliphatic rings. The van der Waals surface area contributed by atoms with Gasteiger partial charge in [0.2, 0.25) is 0 Å². The van der Waals surface area contributed by atoms with Crippen LogP contribution in [0.1, 0.15) is 36.1 Å². The Morgan fingerprint density at radius 1 is 0.532 bits per heavy atom. The van der Waals surface area contributed by atoms with E-state index < -0.39 is 42.3 Å². The molecule has 4 aromatic carbocycles. The van der Waals surface area contributed by atoms with Crippen LogP contribution in [0.25, 0.3) is 0 Å². The molecule has 0 bridgehead atoms. The van der Waals surface area contributed by atoms with Gasteiger partial charge in [-0.25, -0.2) is 0 Å². The number of nitrogens with zero attached hydrogens (tertiary/aromatic N) is 2. The minimum Gasteiger partial charge on any atom is -0.361 e. The van der Waals surface area contributed by atoms with E-state index in [-0.39, 0.29) is 11.8 Å². The lowest BCUT2D eigenvalue weighted by Gasteiger charge is -2.53. The van der Waals surface area contributed by atoms with Crippen LogP contribution in [0, 0.1) is 0 Å². The molecule has 47 heavy (non-hydrogen) atoms. The monoisotopic (exact) mass is 632 g/mol. The highest BCUT2D eigenvalue weighted by molar-refractivity contribution is 5.90. The Labute approximate surface area is 275 Å². The van der Waals surface area contributed by atoms with Crippen LogP contribution in [0.5, 0.6) is 0 Å². The first-order chi connectivity index (χ1) is 22.9. The van der Waals surface area contributed by atoms with Gasteiger partial charge in [0.25, 0.3) is 11.8 Å². The topological polar surface area (TPSA) is 77.5 Å². The maximum atomic E-state index is 13.8. The Morgan fingerprint density at radius 3 is 1.19 bits per heavy atom. The Hall–Kier alpha value is -4.34. The second kappa shape index (κ2) is 13.4. The van der Waals surface area contributed by atoms with Crippen molar-refractivity contribution >= 4 is 11.8 Å². The van der Waals surface area contributed by atoms with E-state index >= 15 is 0 Å². The maximum absolute atomic E-state index is 13.8. The largest absolute Gasteiger partial charge is 0.361 e. The highest BCUT2D eigenvalue weighted by Gasteiger charge is 2.64. The summed E-state index contributed by atoms with van der Waals surface area (Å²) in [7, 11) is 0. The SMILES string of the molecule is CC1(C)O[C@@H]([C@H]2[C@@H](OCc3ccccc3)C(=O)N2Cc2ccccc2)[C@H]([C@H]2[C@@H](OCc3ccccc3)C(=O)N2Cc2ccccc2)O1. The molecule has 0 saturated carbocycles. The van der Waals surface area contributed by atoms with E-state index in [0.29, 0.717) is 26.3 Å². The van der Waals surface area contributed by atoms with Gasteiger partial charge in [-0.15, -0.1) is 0 Å². The molecule has 3 heterocycles. The molecule has 3 saturated heterocycles. The summed E-state index contributed by atoms with van der Waals surface area (Å²) in [6, 6.07) is 38.6. The number of carbonyl (C=O) groups is 2. The van der Waals surface area contributed by atoms with Gasteiger partial charge >= 0.3 is 0 Å². The van der Waals surface area contributed by atoms with Crippen molar-refractivity contribution in [2.75, 3.05) is 0 Å². The van der Waals surface area contributed by atoms with E-state index in [4.69, 9.17) is 18.9 Å². The third-order valence-corrected chi connectivity index (χ3v) is 9.17. The summed E-state index contributed by atoms with van der Waals surface area (Å²) in [4.78, 5) is 31.2. The molecule has 7 rings (SSSR count). The minimum absolute atomic E-state index is 0.0930. The highest BCUT2D eigenvalue weighted by Crippen LogP contribution is 2.44. The van der Waals surface area contributed by atoms with Gasteiger partial charge in [-0.05, 0) is 36.1 Å². The summed E-state index contributed by atoms with van der Waals surface area (Å²) in [5.41, 5.74) is 3.98. The van der Waals surface area contributed by atoms with Crippen LogP contribution in [-0.4, -0.2) is 63.9 Å². The Bertz CT molecular complexity index is 1530. The summed E-state index contributed by atoms with van der Waals surface area (Å²) in [6.07, 6.45) is -2.62. The van der Waals surface area contributed by atoms with Crippen LogP contribution in [0.2, 0.25) is 0 Å². The fraction of sp³-hybridized carbons (Fsp3) is 0.333. The molecule has 6 atom stereocenters. The molecular formula is C39H40N2O6. The number of amides is 2. The summed E-state index contributed by atoms with van der Waals surface area (Å²) in [5.74, 6) is -1.15. The van der Waals surface area contributed by atoms with Crippen molar-refractivity contribution in [3.8, 4) is 0 Å². The molecule has 0 spiro atoms. The quantitative estimate of drug-likeness (QED) is 0.192. The van der Waals surface area contributed by atoms with Crippen LogP contribution in [0.4, 0.5) is 0 Å². The number of benzene rings is 4. The minimum atomic E-state index is -0.961. The van der Waals surface area contributed by atoms with E-state index in [9.17, 15) is 9.59 Å². The average Bonchev–Trinajstić information content (AvgIpc) is 3.41. The normalized spacial score (nSPS) is 26.6. The summed E-state index contributed by atoms with van der Waals surface area (Å²) >= 11 is 0. The number of β-lactam (4-membered cyclic amide) rings is 2. The molecule has 0 N–H and O–H groups in total. The summed E-state index contributed by atoms with van der Waals surface area (Å²) in [5, 5.41) is 0. The van der Waals surface area contributed by atoms with Gasteiger partial charge in [-0.3, -0.25) is 9.59 Å². The molecule has 0 unspecified atom stereocenters. The van der Waals surface area contributed by atoms with Crippen molar-refractivity contribution in [1.29, 1.82) is 0 Å². The molecule has 2 amide bonds. The third-order valence-electron chi connectivity index (χ3n) is 9.17. The second-order valence-electron chi connectivity index (χ2n) is 12.9. The average molecular weight is 633 g/mol. The van der Waals surface area contributed by atoms with Gasteiger partial charge in [-0.1, -0.05) is 121 Å². The van der Waals surface area contributed by atoms with Crippen molar-refractivity contribution in [1.82, 2.24) is 9.80 Å². The first-order valence-electron chi connectivity index (χ1n) is 16.2. The van der Waals surface area contributed by atoms with Crippen LogP contribution in [-0.2, 0) is 54.8 Å². The van der Waals surface area contributed by atoms with Gasteiger partial charge in [0.1, 0.15) is 12.2 Å². The third kappa shape index (κ3) is 6.60. The van der Waals surface area contributed by atoms with E-state index in [1.54, 1.807) is 0 Å². The number of ether oxygens (including phenoxy) is 4. The second-order valence-corrected chi connectivity index (χ2v) is 12.9. The molecule has 242 valence electrons. The van der Waals surface area contributed by atoms with Crippen molar-refractivity contribution in [3.63, 3.8) is 0 Å². The molecule has 0 radical (unpaired) electrons. The molecule has 8 nitrogen and oxygen atoms in total. The smallest absolute Gasteiger partial charge is 0.254 e. The molecule has 3 aliphatic heterocycles. The zero-order chi connectivity index (χ0) is 32.4. The Morgan fingerprint density at radius 2 is 0.851 bits per heavy atom. The van der Waals surface area contributed by atoms with Crippen molar-refractivity contribution in [3.05, 3.63) is 144 Å². The van der Waals surface area contributed by atoms with E-state index in [2.05, 4.69) is 0 Å². The molecule has 0 aliphatic carbocycles. The zero-order valence-electron chi connectivity index (χ0n) is 26.7. The van der Waals surface area contributed by atoms with Gasteiger partial charge in [0.05, 0.1) is 25.3 Å². The molecule has 0 aromatic heterocycles. The van der Waals surface area contributed by atoms with Crippen molar-refractivity contribution < 1.29 is 28.5 Å². The van der Waals surface area contributed by atoms with Crippen molar-refractivity contribution in [2.24, 2.45) is 0 Å². The van der Waals surface area contributed by atoms with Crippen LogP contribution < -0.4 is 0 Å². The van der Waals surface area contributed by atoms with Crippen LogP contribution >= 0.6 is 0 Å². The number of likely N-dealkylation sites (tertiary alicyclic amines) is 2. The number of carbonyl (C=O) groups excluding carboxylic acids is 2. The number of hydrogen-bond donors (Lipinski definition) is 0. The predicted octanol–water partition coefficient (Wildman–Crippen LogP) is 5.50. The lowest BCUT2D eigenvalue weighted by Crippen LogP contribution is -2.75. The predicted molar refractivity (Wildman–Crippen MR) is 175 cm³/mol. The van der Waals surface area contributed by atoms with Gasteiger partial charge in [0.15, 0.2) is 18.0 Å². The van der Waals surface area contributed by atoms with E-state index in [0.717, 1.165) is 22.3 Å². The molecular weight excluding hydrogens is 592 g/mol. The van der Waals surface area contributed by atoms with Crippen LogP contribution in [0.15, 0.2) is 121 Å². The first-order valence-corrected chi connectivity index (χ1v) is 16.2. The molecule has 4 aromatic rings. The molecule has 8 heteroatoms. The van der Waals surface area contributed by atoms with Crippen molar-refractivity contribution in [2.45, 2.75) is 82.4 Å². The lowest BCUT2D eigenvalue weighted by atomic mass is 9.81. The Kier molecular flexibility index (Phi) is 8.92. The summed E-state index contributed by atoms with van der Waals surface area (Å²) < 4.78 is 26.1. The van der Waals surface area contributed by atoms with Gasteiger partial charge in [0, 0.05) is 13.1 Å². The number of hydrogen-bond acceptors (Lipinski definition) is 6. The lowest BCUT2D eigenvalue weighted by molar-refractivity contribution is -0.202. The highest BCUT2D eigenvalue weighted by atomic mass is 16.8. The first kappa shape index (κ1) is 31.3. The standard InChI is InChI=1S/C39H40N2O6/c1-39(2)46-33(31-35(44-25-29-19-11-5-12-20-29)37(42)40(31)23-27-15-7-3-8-16-27)34(47-39)32-36(45-26-30-21-13-6-14-22-30)38(43)41(32)24-28-17-9-4-10-18-28/h3-22,31-36H,23-26H2,1-2H3/t31-,32-,33-,34-,35+,36+/m0/s1. The summed E-state index contributed by atoms with van der Waals surface area (Å²) in [6.45, 7) is 5.16. The van der Waals surface area contributed by atoms with E-state index in [1.165, 1.54) is 0 Å². The van der Waals surface area contributed by atoms with Crippen LogP contribution in [0.3, 0.4) is 0 Å². The fourth-order valence-corrected chi connectivity index (χ4v) is 6.91. The zero-order valence-corrected chi connectivity index (χ0v) is 26.7. The van der Waals surface area contributed by atoms with Gasteiger partial charge in [-0.2, -0.15) is 0 Å². The molecule has 3 fully saturated rings. The van der Waals surface area contributed by atoms with E-state index in [1.807, 2.05) is 145 Å².